The second kappa shape index (κ2) is 5.28. The summed E-state index contributed by atoms with van der Waals surface area (Å²) in [7, 11) is 0. The average Bonchev–Trinajstić information content (AvgIpc) is 2.18. The number of carbonyl (C=O) groups is 1. The van der Waals surface area contributed by atoms with Gasteiger partial charge in [0.05, 0.1) is 6.10 Å². The van der Waals surface area contributed by atoms with Crippen molar-refractivity contribution in [3.8, 4) is 0 Å². The normalized spacial score (nSPS) is 10.7. The van der Waals surface area contributed by atoms with Crippen LogP contribution in [0.15, 0.2) is 22.7 Å². The van der Waals surface area contributed by atoms with Gasteiger partial charge >= 0.3 is 0 Å². The lowest BCUT2D eigenvalue weighted by Gasteiger charge is -2.08. The van der Waals surface area contributed by atoms with Gasteiger partial charge in [0, 0.05) is 15.7 Å². The number of ether oxygens (including phenoxy) is 1. The number of Topliss-reactive ketones (excluding diaryl/α,β-unsaturated/α-hetero) is 1. The van der Waals surface area contributed by atoms with E-state index in [-0.39, 0.29) is 18.5 Å². The van der Waals surface area contributed by atoms with Gasteiger partial charge in [0.25, 0.3) is 0 Å². The van der Waals surface area contributed by atoms with Crippen LogP contribution in [0.25, 0.3) is 0 Å². The molecule has 1 aromatic rings. The number of nitrogens with two attached hydrogens (primary N) is 1. The van der Waals surface area contributed by atoms with Gasteiger partial charge in [-0.15, -0.1) is 0 Å². The van der Waals surface area contributed by atoms with E-state index >= 15 is 0 Å². The van der Waals surface area contributed by atoms with Crippen molar-refractivity contribution < 1.29 is 9.53 Å². The van der Waals surface area contributed by atoms with E-state index < -0.39 is 0 Å². The molecule has 0 aliphatic heterocycles. The number of halogens is 1. The summed E-state index contributed by atoms with van der Waals surface area (Å²) in [6.45, 7) is 3.84. The molecule has 0 radical (unpaired) electrons. The summed E-state index contributed by atoms with van der Waals surface area (Å²) in [6, 6.07) is 5.21. The lowest BCUT2D eigenvalue weighted by molar-refractivity contribution is 0.0585. The predicted molar refractivity (Wildman–Crippen MR) is 64.0 cm³/mol. The quantitative estimate of drug-likeness (QED) is 0.677. The summed E-state index contributed by atoms with van der Waals surface area (Å²) in [5, 5.41) is 0. The van der Waals surface area contributed by atoms with Crippen LogP contribution >= 0.6 is 15.9 Å². The molecular formula is C11H14BrNO2. The van der Waals surface area contributed by atoms with E-state index in [2.05, 4.69) is 15.9 Å². The zero-order chi connectivity index (χ0) is 11.4. The van der Waals surface area contributed by atoms with Crippen molar-refractivity contribution in [2.24, 2.45) is 0 Å². The first kappa shape index (κ1) is 12.2. The van der Waals surface area contributed by atoms with Crippen molar-refractivity contribution in [3.63, 3.8) is 0 Å². The van der Waals surface area contributed by atoms with Crippen LogP contribution in [0.1, 0.15) is 24.2 Å². The van der Waals surface area contributed by atoms with Gasteiger partial charge in [-0.05, 0) is 32.0 Å². The third kappa shape index (κ3) is 3.64. The Morgan fingerprint density at radius 3 is 2.80 bits per heavy atom. The van der Waals surface area contributed by atoms with Crippen LogP contribution in [-0.2, 0) is 4.74 Å². The molecular weight excluding hydrogens is 258 g/mol. The van der Waals surface area contributed by atoms with Gasteiger partial charge in [-0.25, -0.2) is 0 Å². The molecule has 0 unspecified atom stereocenters. The summed E-state index contributed by atoms with van der Waals surface area (Å²) >= 11 is 3.30. The Kier molecular flexibility index (Phi) is 4.29. The summed E-state index contributed by atoms with van der Waals surface area (Å²) in [4.78, 5) is 11.7. The molecule has 3 nitrogen and oxygen atoms in total. The number of benzene rings is 1. The van der Waals surface area contributed by atoms with E-state index in [1.807, 2.05) is 13.8 Å². The van der Waals surface area contributed by atoms with E-state index in [0.29, 0.717) is 11.3 Å². The molecule has 0 aliphatic rings. The monoisotopic (exact) mass is 271 g/mol. The maximum atomic E-state index is 11.7. The minimum atomic E-state index is -0.0949. The maximum Gasteiger partial charge on any atom is 0.190 e. The molecule has 0 amide bonds. The Hall–Kier alpha value is -0.870. The summed E-state index contributed by atoms with van der Waals surface area (Å²) in [6.07, 6.45) is 0.0438. The van der Waals surface area contributed by atoms with Crippen LogP contribution in [0, 0.1) is 0 Å². The largest absolute Gasteiger partial charge is 0.398 e. The Bertz CT molecular complexity index is 364. The molecule has 0 spiro atoms. The topological polar surface area (TPSA) is 52.3 Å². The second-order valence-electron chi connectivity index (χ2n) is 3.51. The van der Waals surface area contributed by atoms with Gasteiger partial charge in [-0.2, -0.15) is 0 Å². The summed E-state index contributed by atoms with van der Waals surface area (Å²) < 4.78 is 6.07. The molecule has 0 aromatic heterocycles. The van der Waals surface area contributed by atoms with E-state index in [9.17, 15) is 4.79 Å². The Balaban J connectivity index is 2.77. The van der Waals surface area contributed by atoms with E-state index in [4.69, 9.17) is 10.5 Å². The number of hydrogen-bond acceptors (Lipinski definition) is 3. The van der Waals surface area contributed by atoms with Crippen molar-refractivity contribution in [1.82, 2.24) is 0 Å². The molecule has 1 rings (SSSR count). The van der Waals surface area contributed by atoms with Crippen LogP contribution in [-0.4, -0.2) is 18.5 Å². The molecule has 1 aromatic carbocycles. The number of nitrogen functional groups attached to an aromatic ring is 1. The van der Waals surface area contributed by atoms with E-state index in [1.54, 1.807) is 18.2 Å². The minimum absolute atomic E-state index is 0.0438. The highest BCUT2D eigenvalue weighted by Gasteiger charge is 2.10. The van der Waals surface area contributed by atoms with Crippen molar-refractivity contribution in [3.05, 3.63) is 28.2 Å². The Labute approximate surface area is 97.7 Å². The third-order valence-electron chi connectivity index (χ3n) is 1.86. The fourth-order valence-corrected chi connectivity index (χ4v) is 1.45. The fraction of sp³-hybridized carbons (Fsp3) is 0.364. The number of hydrogen-bond donors (Lipinski definition) is 1. The van der Waals surface area contributed by atoms with Crippen molar-refractivity contribution >= 4 is 27.4 Å². The zero-order valence-corrected chi connectivity index (χ0v) is 10.4. The molecule has 0 bridgehead atoms. The molecule has 0 atom stereocenters. The molecule has 4 heteroatoms. The minimum Gasteiger partial charge on any atom is -0.398 e. The first-order valence-electron chi connectivity index (χ1n) is 4.70. The van der Waals surface area contributed by atoms with Crippen LogP contribution in [0.2, 0.25) is 0 Å². The highest BCUT2D eigenvalue weighted by molar-refractivity contribution is 9.10. The third-order valence-corrected chi connectivity index (χ3v) is 2.36. The standard InChI is InChI=1S/C11H14BrNO2/c1-7(2)15-6-11(14)9-5-8(12)3-4-10(9)13/h3-5,7H,6,13H2,1-2H3. The van der Waals surface area contributed by atoms with Gasteiger partial charge in [-0.3, -0.25) is 4.79 Å². The molecule has 0 saturated heterocycles. The molecule has 82 valence electrons. The Morgan fingerprint density at radius 2 is 2.20 bits per heavy atom. The molecule has 15 heavy (non-hydrogen) atoms. The summed E-state index contributed by atoms with van der Waals surface area (Å²) in [5.74, 6) is -0.0949. The van der Waals surface area contributed by atoms with Crippen LogP contribution < -0.4 is 5.73 Å². The van der Waals surface area contributed by atoms with E-state index in [0.717, 1.165) is 4.47 Å². The second-order valence-corrected chi connectivity index (χ2v) is 4.43. The van der Waals surface area contributed by atoms with Crippen LogP contribution in [0.3, 0.4) is 0 Å². The molecule has 0 aliphatic carbocycles. The van der Waals surface area contributed by atoms with Crippen molar-refractivity contribution in [2.75, 3.05) is 12.3 Å². The smallest absolute Gasteiger partial charge is 0.190 e. The molecule has 0 heterocycles. The number of anilines is 1. The molecule has 0 fully saturated rings. The number of ketones is 1. The Morgan fingerprint density at radius 1 is 1.53 bits per heavy atom. The first-order valence-corrected chi connectivity index (χ1v) is 5.50. The lowest BCUT2D eigenvalue weighted by atomic mass is 10.1. The SMILES string of the molecule is CC(C)OCC(=O)c1cc(Br)ccc1N. The summed E-state index contributed by atoms with van der Waals surface area (Å²) in [5.41, 5.74) is 6.69. The van der Waals surface area contributed by atoms with Gasteiger partial charge in [0.2, 0.25) is 0 Å². The predicted octanol–water partition coefficient (Wildman–Crippen LogP) is 2.64. The average molecular weight is 272 g/mol. The maximum absolute atomic E-state index is 11.7. The van der Waals surface area contributed by atoms with Crippen molar-refractivity contribution in [2.45, 2.75) is 20.0 Å². The molecule has 2 N–H and O–H groups in total. The van der Waals surface area contributed by atoms with E-state index in [1.165, 1.54) is 0 Å². The van der Waals surface area contributed by atoms with Crippen molar-refractivity contribution in [1.29, 1.82) is 0 Å². The first-order chi connectivity index (χ1) is 7.00. The number of rotatable bonds is 4. The van der Waals surface area contributed by atoms with Gasteiger partial charge in [0.1, 0.15) is 6.61 Å². The van der Waals surface area contributed by atoms with Crippen LogP contribution in [0.5, 0.6) is 0 Å². The van der Waals surface area contributed by atoms with Gasteiger partial charge in [0.15, 0.2) is 5.78 Å². The number of carbonyl (C=O) groups excluding carboxylic acids is 1. The van der Waals surface area contributed by atoms with Crippen LogP contribution in [0.4, 0.5) is 5.69 Å². The lowest BCUT2D eigenvalue weighted by Crippen LogP contribution is -2.14. The highest BCUT2D eigenvalue weighted by Crippen LogP contribution is 2.19. The van der Waals surface area contributed by atoms with Gasteiger partial charge < -0.3 is 10.5 Å². The highest BCUT2D eigenvalue weighted by atomic mass is 79.9. The molecule has 0 saturated carbocycles. The van der Waals surface area contributed by atoms with Gasteiger partial charge in [-0.1, -0.05) is 15.9 Å². The zero-order valence-electron chi connectivity index (χ0n) is 8.79. The fourth-order valence-electron chi connectivity index (χ4n) is 1.09.